The molecule has 1 aromatic heterocycles. The van der Waals surface area contributed by atoms with Crippen molar-refractivity contribution < 1.29 is 23.8 Å². The van der Waals surface area contributed by atoms with E-state index in [2.05, 4.69) is 5.32 Å². The zero-order chi connectivity index (χ0) is 33.3. The van der Waals surface area contributed by atoms with Crippen LogP contribution in [0, 0.1) is 12.7 Å². The molecule has 46 heavy (non-hydrogen) atoms. The number of aromatic nitrogens is 2. The van der Waals surface area contributed by atoms with Gasteiger partial charge in [-0.05, 0) is 61.2 Å². The van der Waals surface area contributed by atoms with Crippen LogP contribution in [-0.4, -0.2) is 50.7 Å². The van der Waals surface area contributed by atoms with E-state index in [1.54, 1.807) is 42.2 Å². The highest BCUT2D eigenvalue weighted by atomic mass is 35.5. The predicted molar refractivity (Wildman–Crippen MR) is 174 cm³/mol. The van der Waals surface area contributed by atoms with Gasteiger partial charge in [0.1, 0.15) is 23.2 Å². The van der Waals surface area contributed by atoms with E-state index in [0.717, 1.165) is 22.0 Å². The Labute approximate surface area is 269 Å². The Morgan fingerprint density at radius 1 is 1.07 bits per heavy atom. The number of aryl methyl sites for hydroxylation is 1. The Hall–Kier alpha value is -4.74. The second kappa shape index (κ2) is 13.3. The molecule has 240 valence electrons. The lowest BCUT2D eigenvalue weighted by Gasteiger charge is -2.33. The van der Waals surface area contributed by atoms with E-state index < -0.39 is 35.0 Å². The number of carboxylic acid groups (broad SMARTS) is 1. The van der Waals surface area contributed by atoms with E-state index in [9.17, 15) is 24.3 Å². The molecule has 0 aliphatic carbocycles. The lowest BCUT2D eigenvalue weighted by molar-refractivity contribution is -0.144. The van der Waals surface area contributed by atoms with Crippen LogP contribution in [0.1, 0.15) is 40.7 Å². The number of piperidine rings is 1. The number of hydrogen-bond donors (Lipinski definition) is 2. The number of nitrogens with zero attached hydrogens (tertiary/aromatic N) is 3. The molecular formula is C34H34ClFN4O6. The molecule has 2 N–H and O–H groups in total. The largest absolute Gasteiger partial charge is 0.496 e. The number of carbonyl (C=O) groups excluding carboxylic acids is 1. The zero-order valence-electron chi connectivity index (χ0n) is 25.9. The lowest BCUT2D eigenvalue weighted by atomic mass is 9.94. The summed E-state index contributed by atoms with van der Waals surface area (Å²) in [5.41, 5.74) is 2.30. The highest BCUT2D eigenvalue weighted by Gasteiger charge is 2.30. The monoisotopic (exact) mass is 648 g/mol. The van der Waals surface area contributed by atoms with Crippen molar-refractivity contribution in [3.63, 3.8) is 0 Å². The van der Waals surface area contributed by atoms with Crippen molar-refractivity contribution in [3.8, 4) is 28.0 Å². The molecule has 12 heteroatoms. The molecule has 1 atom stereocenters. The number of halogens is 2. The molecule has 0 radical (unpaired) electrons. The molecule has 10 nitrogen and oxygen atoms in total. The maximum absolute atomic E-state index is 15.7. The summed E-state index contributed by atoms with van der Waals surface area (Å²) in [6.45, 7) is 2.45. The maximum Gasteiger partial charge on any atom is 0.330 e. The first-order chi connectivity index (χ1) is 21.9. The van der Waals surface area contributed by atoms with Crippen LogP contribution in [0.3, 0.4) is 0 Å². The first-order valence-electron chi connectivity index (χ1n) is 14.7. The van der Waals surface area contributed by atoms with E-state index in [1.165, 1.54) is 33.5 Å². The first kappa shape index (κ1) is 32.6. The summed E-state index contributed by atoms with van der Waals surface area (Å²) in [6, 6.07) is 13.0. The van der Waals surface area contributed by atoms with Crippen LogP contribution >= 0.6 is 11.6 Å². The molecule has 1 aliphatic rings. The van der Waals surface area contributed by atoms with E-state index >= 15 is 4.39 Å². The third kappa shape index (κ3) is 6.20. The van der Waals surface area contributed by atoms with Gasteiger partial charge in [0.2, 0.25) is 0 Å². The lowest BCUT2D eigenvalue weighted by Crippen LogP contribution is -2.44. The fraction of sp³-hybridized carbons (Fsp3) is 0.294. The number of aliphatic carboxylic acids is 1. The van der Waals surface area contributed by atoms with Crippen LogP contribution in [-0.2, 0) is 25.4 Å². The zero-order valence-corrected chi connectivity index (χ0v) is 26.7. The van der Waals surface area contributed by atoms with E-state index in [-0.39, 0.29) is 23.4 Å². The molecule has 3 aromatic carbocycles. The van der Waals surface area contributed by atoms with Crippen LogP contribution in [0.2, 0.25) is 5.02 Å². The van der Waals surface area contributed by atoms with Crippen molar-refractivity contribution in [2.24, 2.45) is 14.1 Å². The smallest absolute Gasteiger partial charge is 0.330 e. The number of likely N-dealkylation sites (tertiary alicyclic amines) is 1. The number of anilines is 1. The van der Waals surface area contributed by atoms with Crippen molar-refractivity contribution in [2.75, 3.05) is 19.0 Å². The van der Waals surface area contributed by atoms with Crippen LogP contribution < -0.4 is 21.3 Å². The number of nitrogens with one attached hydrogen (secondary N) is 1. The van der Waals surface area contributed by atoms with Gasteiger partial charge in [-0.15, -0.1) is 0 Å². The number of methoxy groups -OCH3 is 1. The minimum absolute atomic E-state index is 0.100. The Morgan fingerprint density at radius 2 is 1.76 bits per heavy atom. The SMILES string of the molecule is COc1cc(-c2cccc(-c3cccc(NC(=O)c4cn(C)c(=O)n(C)c4=O)c3C)c2Cl)cc(F)c1CN1CCCC[C@H]1C(=O)O. The van der Waals surface area contributed by atoms with E-state index in [1.807, 2.05) is 12.1 Å². The quantitative estimate of drug-likeness (QED) is 0.269. The summed E-state index contributed by atoms with van der Waals surface area (Å²) in [5, 5.41) is 12.8. The Balaban J connectivity index is 1.48. The summed E-state index contributed by atoms with van der Waals surface area (Å²) >= 11 is 6.97. The maximum atomic E-state index is 15.7. The van der Waals surface area contributed by atoms with Crippen LogP contribution in [0.15, 0.2) is 64.3 Å². The second-order valence-corrected chi connectivity index (χ2v) is 11.7. The van der Waals surface area contributed by atoms with E-state index in [0.29, 0.717) is 51.5 Å². The summed E-state index contributed by atoms with van der Waals surface area (Å²) in [4.78, 5) is 51.3. The third-order valence-electron chi connectivity index (χ3n) is 8.51. The number of benzene rings is 3. The fourth-order valence-electron chi connectivity index (χ4n) is 5.94. The molecule has 1 fully saturated rings. The van der Waals surface area contributed by atoms with Crippen LogP contribution in [0.5, 0.6) is 5.75 Å². The van der Waals surface area contributed by atoms with Gasteiger partial charge in [-0.3, -0.25) is 23.9 Å². The van der Waals surface area contributed by atoms with Crippen molar-refractivity contribution in [3.05, 3.63) is 103 Å². The van der Waals surface area contributed by atoms with Crippen LogP contribution in [0.4, 0.5) is 10.1 Å². The van der Waals surface area contributed by atoms with Gasteiger partial charge in [0, 0.05) is 49.2 Å². The molecule has 0 unspecified atom stereocenters. The molecular weight excluding hydrogens is 615 g/mol. The number of carboxylic acids is 1. The van der Waals surface area contributed by atoms with Gasteiger partial charge >= 0.3 is 11.7 Å². The van der Waals surface area contributed by atoms with E-state index in [4.69, 9.17) is 16.3 Å². The number of carbonyl (C=O) groups is 2. The highest BCUT2D eigenvalue weighted by molar-refractivity contribution is 6.36. The topological polar surface area (TPSA) is 123 Å². The molecule has 1 saturated heterocycles. The van der Waals surface area contributed by atoms with Crippen molar-refractivity contribution in [1.29, 1.82) is 0 Å². The fourth-order valence-corrected chi connectivity index (χ4v) is 6.28. The third-order valence-corrected chi connectivity index (χ3v) is 8.91. The van der Waals surface area contributed by atoms with Gasteiger partial charge in [0.15, 0.2) is 0 Å². The van der Waals surface area contributed by atoms with Gasteiger partial charge in [-0.2, -0.15) is 0 Å². The van der Waals surface area contributed by atoms with Gasteiger partial charge in [0.25, 0.3) is 11.5 Å². The molecule has 1 amide bonds. The minimum Gasteiger partial charge on any atom is -0.496 e. The summed E-state index contributed by atoms with van der Waals surface area (Å²) in [7, 11) is 4.21. The van der Waals surface area contributed by atoms with Gasteiger partial charge in [0.05, 0.1) is 12.1 Å². The van der Waals surface area contributed by atoms with Gasteiger partial charge in [-0.25, -0.2) is 9.18 Å². The average Bonchev–Trinajstić information content (AvgIpc) is 3.04. The number of rotatable bonds is 8. The van der Waals surface area contributed by atoms with Crippen molar-refractivity contribution >= 4 is 29.2 Å². The summed E-state index contributed by atoms with van der Waals surface area (Å²) in [6.07, 6.45) is 3.36. The molecule has 4 aromatic rings. The number of hydrogen-bond acceptors (Lipinski definition) is 6. The molecule has 2 heterocycles. The van der Waals surface area contributed by atoms with Gasteiger partial charge < -0.3 is 19.7 Å². The minimum atomic E-state index is -0.922. The predicted octanol–water partition coefficient (Wildman–Crippen LogP) is 5.22. The number of ether oxygens (including phenoxy) is 1. The van der Waals surface area contributed by atoms with Crippen molar-refractivity contribution in [1.82, 2.24) is 14.0 Å². The molecule has 0 bridgehead atoms. The van der Waals surface area contributed by atoms with Crippen LogP contribution in [0.25, 0.3) is 22.3 Å². The first-order valence-corrected chi connectivity index (χ1v) is 15.1. The molecule has 0 spiro atoms. The Bertz CT molecular complexity index is 1970. The summed E-state index contributed by atoms with van der Waals surface area (Å²) < 4.78 is 23.3. The molecule has 0 saturated carbocycles. The Kier molecular flexibility index (Phi) is 9.45. The van der Waals surface area contributed by atoms with Crippen molar-refractivity contribution in [2.45, 2.75) is 38.8 Å². The standard InChI is InChI=1S/C34H34ClFN4O6/c1-19-21(9-8-12-27(19)37-31(41)25-17-38(2)34(45)39(3)32(25)42)23-11-7-10-22(30(23)35)20-15-26(36)24(29(16-20)46-4)18-40-14-6-5-13-28(40)33(43)44/h7-12,15-17,28H,5-6,13-14,18H2,1-4H3,(H,37,41)(H,43,44)/t28-/m0/s1. The van der Waals surface area contributed by atoms with Gasteiger partial charge in [-0.1, -0.05) is 48.4 Å². The highest BCUT2D eigenvalue weighted by Crippen LogP contribution is 2.41. The molecule has 5 rings (SSSR count). The Morgan fingerprint density at radius 3 is 2.48 bits per heavy atom. The summed E-state index contributed by atoms with van der Waals surface area (Å²) in [5.74, 6) is -1.83. The normalized spacial score (nSPS) is 15.0. The average molecular weight is 649 g/mol. The molecule has 1 aliphatic heterocycles. The number of amides is 1. The second-order valence-electron chi connectivity index (χ2n) is 11.4.